The summed E-state index contributed by atoms with van der Waals surface area (Å²) in [5, 5.41) is 14.2. The molecule has 1 saturated carbocycles. The van der Waals surface area contributed by atoms with Gasteiger partial charge in [-0.1, -0.05) is 13.8 Å². The van der Waals surface area contributed by atoms with E-state index in [1.54, 1.807) is 18.2 Å². The van der Waals surface area contributed by atoms with Gasteiger partial charge in [0.05, 0.1) is 9.40 Å². The molecule has 4 nitrogen and oxygen atoms in total. The van der Waals surface area contributed by atoms with Gasteiger partial charge in [0.25, 0.3) is 5.69 Å². The van der Waals surface area contributed by atoms with Crippen LogP contribution in [0, 0.1) is 22.0 Å². The van der Waals surface area contributed by atoms with E-state index in [-0.39, 0.29) is 10.6 Å². The third-order valence-corrected chi connectivity index (χ3v) is 4.75. The maximum Gasteiger partial charge on any atom is 0.283 e. The lowest BCUT2D eigenvalue weighted by atomic mass is 9.79. The first-order valence-electron chi connectivity index (χ1n) is 6.68. The number of benzene rings is 1. The van der Waals surface area contributed by atoms with Crippen molar-refractivity contribution in [3.8, 4) is 0 Å². The highest BCUT2D eigenvalue weighted by molar-refractivity contribution is 9.10. The van der Waals surface area contributed by atoms with Gasteiger partial charge in [-0.15, -0.1) is 0 Å². The highest BCUT2D eigenvalue weighted by Crippen LogP contribution is 2.33. The van der Waals surface area contributed by atoms with Crippen LogP contribution >= 0.6 is 15.9 Å². The average molecular weight is 327 g/mol. The summed E-state index contributed by atoms with van der Waals surface area (Å²) < 4.78 is 0.528. The molecule has 0 radical (unpaired) electrons. The van der Waals surface area contributed by atoms with Crippen molar-refractivity contribution < 1.29 is 4.92 Å². The first-order chi connectivity index (χ1) is 8.97. The Kier molecular flexibility index (Phi) is 4.45. The lowest BCUT2D eigenvalue weighted by molar-refractivity contribution is -0.385. The number of halogens is 1. The van der Waals surface area contributed by atoms with Crippen LogP contribution in [0.25, 0.3) is 0 Å². The third kappa shape index (κ3) is 3.47. The predicted molar refractivity (Wildman–Crippen MR) is 80.4 cm³/mol. The zero-order chi connectivity index (χ0) is 14.0. The maximum atomic E-state index is 10.8. The molecule has 2 rings (SSSR count). The van der Waals surface area contributed by atoms with Crippen LogP contribution < -0.4 is 5.32 Å². The summed E-state index contributed by atoms with van der Waals surface area (Å²) in [6, 6.07) is 5.59. The molecule has 0 bridgehead atoms. The largest absolute Gasteiger partial charge is 0.382 e. The summed E-state index contributed by atoms with van der Waals surface area (Å²) in [6.45, 7) is 4.60. The van der Waals surface area contributed by atoms with Gasteiger partial charge in [-0.3, -0.25) is 10.1 Å². The summed E-state index contributed by atoms with van der Waals surface area (Å²) >= 11 is 3.25. The number of rotatable bonds is 3. The Balaban J connectivity index is 2.04. The molecule has 5 heteroatoms. The molecule has 104 valence electrons. The monoisotopic (exact) mass is 326 g/mol. The summed E-state index contributed by atoms with van der Waals surface area (Å²) in [6.07, 6.45) is 3.57. The summed E-state index contributed by atoms with van der Waals surface area (Å²) in [7, 11) is 0. The molecular formula is C14H19BrN2O2. The minimum atomic E-state index is -0.377. The van der Waals surface area contributed by atoms with Gasteiger partial charge in [0.15, 0.2) is 0 Å². The van der Waals surface area contributed by atoms with Crippen LogP contribution in [0.3, 0.4) is 0 Å². The predicted octanol–water partition coefficient (Wildman–Crippen LogP) is 4.59. The van der Waals surface area contributed by atoms with Gasteiger partial charge in [0.1, 0.15) is 0 Å². The van der Waals surface area contributed by atoms with E-state index in [0.29, 0.717) is 10.5 Å². The molecule has 19 heavy (non-hydrogen) atoms. The van der Waals surface area contributed by atoms with Crippen LogP contribution in [0.5, 0.6) is 0 Å². The molecule has 1 fully saturated rings. The minimum Gasteiger partial charge on any atom is -0.382 e. The van der Waals surface area contributed by atoms with E-state index in [4.69, 9.17) is 0 Å². The maximum absolute atomic E-state index is 10.8. The quantitative estimate of drug-likeness (QED) is 0.652. The van der Waals surface area contributed by atoms with Crippen molar-refractivity contribution in [2.75, 3.05) is 5.32 Å². The van der Waals surface area contributed by atoms with Crippen molar-refractivity contribution in [1.29, 1.82) is 0 Å². The van der Waals surface area contributed by atoms with Crippen molar-refractivity contribution in [1.82, 2.24) is 0 Å². The molecule has 3 atom stereocenters. The fraction of sp³-hybridized carbons (Fsp3) is 0.571. The van der Waals surface area contributed by atoms with Crippen molar-refractivity contribution in [2.45, 2.75) is 39.2 Å². The van der Waals surface area contributed by atoms with Crippen LogP contribution in [0.2, 0.25) is 0 Å². The third-order valence-electron chi connectivity index (χ3n) is 4.11. The molecule has 0 spiro atoms. The van der Waals surface area contributed by atoms with E-state index in [0.717, 1.165) is 23.9 Å². The minimum absolute atomic E-state index is 0.108. The van der Waals surface area contributed by atoms with Crippen LogP contribution in [0.4, 0.5) is 11.4 Å². The zero-order valence-electron chi connectivity index (χ0n) is 11.2. The standard InChI is InChI=1S/C14H19BrN2O2/c1-9-3-4-11(7-10(9)2)16-12-5-6-14(17(18)19)13(15)8-12/h5-6,8-11,16H,3-4,7H2,1-2H3. The molecule has 1 aromatic rings. The van der Waals surface area contributed by atoms with Crippen LogP contribution in [-0.2, 0) is 0 Å². The van der Waals surface area contributed by atoms with Crippen molar-refractivity contribution in [3.63, 3.8) is 0 Å². The Morgan fingerprint density at radius 2 is 2.05 bits per heavy atom. The van der Waals surface area contributed by atoms with E-state index in [2.05, 4.69) is 35.1 Å². The van der Waals surface area contributed by atoms with E-state index in [1.165, 1.54) is 12.8 Å². The summed E-state index contributed by atoms with van der Waals surface area (Å²) in [5.41, 5.74) is 1.06. The van der Waals surface area contributed by atoms with Gasteiger partial charge in [-0.05, 0) is 59.2 Å². The van der Waals surface area contributed by atoms with Crippen molar-refractivity contribution in [2.24, 2.45) is 11.8 Å². The molecule has 1 N–H and O–H groups in total. The Morgan fingerprint density at radius 1 is 1.32 bits per heavy atom. The van der Waals surface area contributed by atoms with E-state index < -0.39 is 0 Å². The fourth-order valence-electron chi connectivity index (χ4n) is 2.66. The Hall–Kier alpha value is -1.10. The summed E-state index contributed by atoms with van der Waals surface area (Å²) in [5.74, 6) is 1.52. The molecule has 3 unspecified atom stereocenters. The van der Waals surface area contributed by atoms with Gasteiger partial charge in [0.2, 0.25) is 0 Å². The number of nitro benzene ring substituents is 1. The lowest BCUT2D eigenvalue weighted by Gasteiger charge is -2.33. The molecular weight excluding hydrogens is 308 g/mol. The molecule has 0 saturated heterocycles. The van der Waals surface area contributed by atoms with Crippen molar-refractivity contribution in [3.05, 3.63) is 32.8 Å². The first-order valence-corrected chi connectivity index (χ1v) is 7.47. The zero-order valence-corrected chi connectivity index (χ0v) is 12.8. The second-order valence-corrected chi connectivity index (χ2v) is 6.39. The molecule has 1 aromatic carbocycles. The molecule has 0 aliphatic heterocycles. The SMILES string of the molecule is CC1CCC(Nc2ccc([N+](=O)[O-])c(Br)c2)CC1C. The topological polar surface area (TPSA) is 55.2 Å². The van der Waals surface area contributed by atoms with E-state index in [9.17, 15) is 10.1 Å². The van der Waals surface area contributed by atoms with Crippen LogP contribution in [0.15, 0.2) is 22.7 Å². The second kappa shape index (κ2) is 5.90. The van der Waals surface area contributed by atoms with Gasteiger partial charge in [-0.2, -0.15) is 0 Å². The highest BCUT2D eigenvalue weighted by atomic mass is 79.9. The number of nitrogens with zero attached hydrogens (tertiary/aromatic N) is 1. The van der Waals surface area contributed by atoms with Gasteiger partial charge in [0, 0.05) is 17.8 Å². The smallest absolute Gasteiger partial charge is 0.283 e. The van der Waals surface area contributed by atoms with Gasteiger partial charge in [-0.25, -0.2) is 0 Å². The van der Waals surface area contributed by atoms with Crippen LogP contribution in [0.1, 0.15) is 33.1 Å². The number of nitrogens with one attached hydrogen (secondary N) is 1. The number of nitro groups is 1. The molecule has 0 amide bonds. The summed E-state index contributed by atoms with van der Waals surface area (Å²) in [4.78, 5) is 10.4. The molecule has 0 heterocycles. The number of anilines is 1. The lowest BCUT2D eigenvalue weighted by Crippen LogP contribution is -2.30. The fourth-order valence-corrected chi connectivity index (χ4v) is 3.18. The average Bonchev–Trinajstić information content (AvgIpc) is 2.33. The van der Waals surface area contributed by atoms with E-state index >= 15 is 0 Å². The Bertz CT molecular complexity index is 479. The second-order valence-electron chi connectivity index (χ2n) is 5.53. The van der Waals surface area contributed by atoms with E-state index in [1.807, 2.05) is 0 Å². The first kappa shape index (κ1) is 14.3. The molecule has 1 aliphatic rings. The normalized spacial score (nSPS) is 27.0. The Morgan fingerprint density at radius 3 is 2.63 bits per heavy atom. The van der Waals surface area contributed by atoms with Crippen LogP contribution in [-0.4, -0.2) is 11.0 Å². The van der Waals surface area contributed by atoms with Crippen molar-refractivity contribution >= 4 is 27.3 Å². The van der Waals surface area contributed by atoms with Gasteiger partial charge >= 0.3 is 0 Å². The van der Waals surface area contributed by atoms with Gasteiger partial charge < -0.3 is 5.32 Å². The molecule has 1 aliphatic carbocycles. The number of hydrogen-bond acceptors (Lipinski definition) is 3. The highest BCUT2D eigenvalue weighted by Gasteiger charge is 2.24. The number of hydrogen-bond donors (Lipinski definition) is 1. The molecule has 0 aromatic heterocycles. The Labute approximate surface area is 121 Å².